The zero-order chi connectivity index (χ0) is 20.8. The van der Waals surface area contributed by atoms with E-state index in [1.54, 1.807) is 0 Å². The number of benzene rings is 2. The molecule has 0 spiro atoms. The summed E-state index contributed by atoms with van der Waals surface area (Å²) < 4.78 is 7.57. The number of hydrogen-bond acceptors (Lipinski definition) is 5. The number of carbonyl (C=O) groups excluding carboxylic acids is 1. The Bertz CT molecular complexity index is 975. The van der Waals surface area contributed by atoms with Gasteiger partial charge in [-0.2, -0.15) is 0 Å². The largest absolute Gasteiger partial charge is 0.492 e. The summed E-state index contributed by atoms with van der Waals surface area (Å²) in [6.07, 6.45) is 0. The Morgan fingerprint density at radius 2 is 1.90 bits per heavy atom. The van der Waals surface area contributed by atoms with E-state index in [1.165, 1.54) is 11.8 Å². The lowest BCUT2D eigenvalue weighted by molar-refractivity contribution is -0.115. The molecule has 3 aromatic rings. The molecule has 8 heteroatoms. The van der Waals surface area contributed by atoms with Gasteiger partial charge in [-0.3, -0.25) is 4.79 Å². The fourth-order valence-electron chi connectivity index (χ4n) is 2.77. The number of para-hydroxylation sites is 2. The van der Waals surface area contributed by atoms with Crippen LogP contribution in [0.1, 0.15) is 20.8 Å². The van der Waals surface area contributed by atoms with Crippen LogP contribution in [0.15, 0.2) is 53.7 Å². The zero-order valence-electron chi connectivity index (χ0n) is 16.6. The first-order valence-corrected chi connectivity index (χ1v) is 10.7. The van der Waals surface area contributed by atoms with Crippen LogP contribution in [0.4, 0.5) is 5.69 Å². The average molecular weight is 431 g/mol. The topological polar surface area (TPSA) is 69.0 Å². The van der Waals surface area contributed by atoms with Gasteiger partial charge in [0.05, 0.1) is 17.5 Å². The number of thioether (sulfide) groups is 1. The molecule has 0 fully saturated rings. The first-order valence-electron chi connectivity index (χ1n) is 9.42. The summed E-state index contributed by atoms with van der Waals surface area (Å²) in [6, 6.07) is 14.9. The molecule has 2 aromatic carbocycles. The first kappa shape index (κ1) is 21.2. The first-order chi connectivity index (χ1) is 14.0. The molecule has 1 aromatic heterocycles. The predicted octanol–water partition coefficient (Wildman–Crippen LogP) is 5.14. The molecular formula is C21H23ClN4O2S. The molecule has 152 valence electrons. The van der Waals surface area contributed by atoms with E-state index in [2.05, 4.69) is 15.5 Å². The summed E-state index contributed by atoms with van der Waals surface area (Å²) in [5.41, 5.74) is 1.59. The molecule has 0 bridgehead atoms. The van der Waals surface area contributed by atoms with Gasteiger partial charge in [0.15, 0.2) is 11.0 Å². The van der Waals surface area contributed by atoms with E-state index in [0.717, 1.165) is 11.4 Å². The maximum absolute atomic E-state index is 12.7. The summed E-state index contributed by atoms with van der Waals surface area (Å²) >= 11 is 7.35. The van der Waals surface area contributed by atoms with Crippen molar-refractivity contribution in [2.75, 3.05) is 11.9 Å². The molecule has 3 rings (SSSR count). The molecule has 29 heavy (non-hydrogen) atoms. The summed E-state index contributed by atoms with van der Waals surface area (Å²) in [6.45, 7) is 7.00. The van der Waals surface area contributed by atoms with Crippen molar-refractivity contribution in [2.45, 2.75) is 37.7 Å². The minimum Gasteiger partial charge on any atom is -0.492 e. The van der Waals surface area contributed by atoms with Crippen LogP contribution >= 0.6 is 23.4 Å². The molecule has 0 aliphatic rings. The van der Waals surface area contributed by atoms with Crippen LogP contribution < -0.4 is 10.1 Å². The van der Waals surface area contributed by atoms with E-state index < -0.39 is 0 Å². The van der Waals surface area contributed by atoms with Crippen LogP contribution in [0.5, 0.6) is 5.75 Å². The van der Waals surface area contributed by atoms with Crippen molar-refractivity contribution in [1.29, 1.82) is 0 Å². The second-order valence-electron chi connectivity index (χ2n) is 6.24. The molecule has 1 N–H and O–H groups in total. The standard InChI is InChI=1S/C21H23ClN4O2S/c1-4-26-19(15-10-12-16(22)13-11-15)24-25-21(26)29-14(3)20(27)23-17-8-6-7-9-18(17)28-5-2/h6-14H,4-5H2,1-3H3,(H,23,27). The molecule has 1 amide bonds. The molecule has 0 radical (unpaired) electrons. The third kappa shape index (κ3) is 5.10. The summed E-state index contributed by atoms with van der Waals surface area (Å²) in [7, 11) is 0. The lowest BCUT2D eigenvalue weighted by Gasteiger charge is -2.15. The van der Waals surface area contributed by atoms with E-state index in [-0.39, 0.29) is 11.2 Å². The van der Waals surface area contributed by atoms with E-state index in [9.17, 15) is 4.79 Å². The smallest absolute Gasteiger partial charge is 0.237 e. The van der Waals surface area contributed by atoms with E-state index in [0.29, 0.717) is 34.8 Å². The van der Waals surface area contributed by atoms with Gasteiger partial charge in [0.1, 0.15) is 5.75 Å². The highest BCUT2D eigenvalue weighted by Crippen LogP contribution is 2.29. The Balaban J connectivity index is 1.74. The Morgan fingerprint density at radius 1 is 1.17 bits per heavy atom. The van der Waals surface area contributed by atoms with Gasteiger partial charge in [-0.1, -0.05) is 35.5 Å². The molecular weight excluding hydrogens is 408 g/mol. The maximum atomic E-state index is 12.7. The van der Waals surface area contributed by atoms with Gasteiger partial charge in [-0.05, 0) is 57.2 Å². The van der Waals surface area contributed by atoms with Crippen molar-refractivity contribution < 1.29 is 9.53 Å². The number of hydrogen-bond donors (Lipinski definition) is 1. The van der Waals surface area contributed by atoms with Gasteiger partial charge in [0.25, 0.3) is 0 Å². The second-order valence-corrected chi connectivity index (χ2v) is 7.98. The van der Waals surface area contributed by atoms with Crippen molar-refractivity contribution in [1.82, 2.24) is 14.8 Å². The number of amides is 1. The van der Waals surface area contributed by atoms with Gasteiger partial charge in [-0.25, -0.2) is 0 Å². The fraction of sp³-hybridized carbons (Fsp3) is 0.286. The number of ether oxygens (including phenoxy) is 1. The molecule has 0 saturated heterocycles. The summed E-state index contributed by atoms with van der Waals surface area (Å²) in [4.78, 5) is 12.7. The second kappa shape index (κ2) is 9.80. The SMILES string of the molecule is CCOc1ccccc1NC(=O)C(C)Sc1nnc(-c2ccc(Cl)cc2)n1CC. The molecule has 6 nitrogen and oxygen atoms in total. The Hall–Kier alpha value is -2.51. The molecule has 1 unspecified atom stereocenters. The predicted molar refractivity (Wildman–Crippen MR) is 118 cm³/mol. The number of anilines is 1. The fourth-order valence-corrected chi connectivity index (χ4v) is 3.81. The number of nitrogens with one attached hydrogen (secondary N) is 1. The molecule has 0 aliphatic carbocycles. The highest BCUT2D eigenvalue weighted by Gasteiger charge is 2.21. The van der Waals surface area contributed by atoms with E-state index in [4.69, 9.17) is 16.3 Å². The Kier molecular flexibility index (Phi) is 7.17. The van der Waals surface area contributed by atoms with Gasteiger partial charge in [0, 0.05) is 17.1 Å². The number of nitrogens with zero attached hydrogens (tertiary/aromatic N) is 3. The lowest BCUT2D eigenvalue weighted by Crippen LogP contribution is -2.23. The quantitative estimate of drug-likeness (QED) is 0.501. The van der Waals surface area contributed by atoms with E-state index >= 15 is 0 Å². The summed E-state index contributed by atoms with van der Waals surface area (Å²) in [5.74, 6) is 1.28. The Labute approximate surface area is 179 Å². The van der Waals surface area contributed by atoms with Gasteiger partial charge in [0.2, 0.25) is 5.91 Å². The highest BCUT2D eigenvalue weighted by atomic mass is 35.5. The maximum Gasteiger partial charge on any atom is 0.237 e. The normalized spacial score (nSPS) is 11.9. The summed E-state index contributed by atoms with van der Waals surface area (Å²) in [5, 5.41) is 12.6. The molecule has 0 aliphatic heterocycles. The number of halogens is 1. The van der Waals surface area contributed by atoms with Gasteiger partial charge >= 0.3 is 0 Å². The monoisotopic (exact) mass is 430 g/mol. The van der Waals surface area contributed by atoms with Gasteiger partial charge < -0.3 is 14.6 Å². The Morgan fingerprint density at radius 3 is 2.59 bits per heavy atom. The molecule has 0 saturated carbocycles. The van der Waals surface area contributed by atoms with E-state index in [1.807, 2.05) is 73.9 Å². The zero-order valence-corrected chi connectivity index (χ0v) is 18.1. The minimum atomic E-state index is -0.364. The highest BCUT2D eigenvalue weighted by molar-refractivity contribution is 8.00. The minimum absolute atomic E-state index is 0.124. The van der Waals surface area contributed by atoms with Crippen molar-refractivity contribution in [3.8, 4) is 17.1 Å². The van der Waals surface area contributed by atoms with Crippen molar-refractivity contribution in [3.63, 3.8) is 0 Å². The third-order valence-corrected chi connectivity index (χ3v) is 5.56. The number of rotatable bonds is 8. The van der Waals surface area contributed by atoms with Crippen LogP contribution in [-0.2, 0) is 11.3 Å². The average Bonchev–Trinajstić information content (AvgIpc) is 3.12. The van der Waals surface area contributed by atoms with Crippen molar-refractivity contribution in [3.05, 3.63) is 53.6 Å². The molecule has 1 atom stereocenters. The number of aromatic nitrogens is 3. The molecule has 1 heterocycles. The third-order valence-electron chi connectivity index (χ3n) is 4.23. The lowest BCUT2D eigenvalue weighted by atomic mass is 10.2. The van der Waals surface area contributed by atoms with Crippen LogP contribution in [0, 0.1) is 0 Å². The van der Waals surface area contributed by atoms with Crippen molar-refractivity contribution in [2.24, 2.45) is 0 Å². The number of carbonyl (C=O) groups is 1. The van der Waals surface area contributed by atoms with Crippen LogP contribution in [0.3, 0.4) is 0 Å². The van der Waals surface area contributed by atoms with Crippen molar-refractivity contribution >= 4 is 35.0 Å². The van der Waals surface area contributed by atoms with Crippen LogP contribution in [0.25, 0.3) is 11.4 Å². The van der Waals surface area contributed by atoms with Crippen LogP contribution in [0.2, 0.25) is 5.02 Å². The van der Waals surface area contributed by atoms with Crippen LogP contribution in [-0.4, -0.2) is 32.5 Å². The van der Waals surface area contributed by atoms with Gasteiger partial charge in [-0.15, -0.1) is 10.2 Å².